The van der Waals surface area contributed by atoms with Gasteiger partial charge in [-0.1, -0.05) is 30.3 Å². The first-order valence-electron chi connectivity index (χ1n) is 10.3. The van der Waals surface area contributed by atoms with E-state index in [1.807, 2.05) is 81.6 Å². The van der Waals surface area contributed by atoms with E-state index in [0.717, 1.165) is 33.1 Å². The van der Waals surface area contributed by atoms with Crippen LogP contribution in [-0.2, 0) is 4.79 Å². The van der Waals surface area contributed by atoms with Gasteiger partial charge in [0, 0.05) is 28.6 Å². The molecular formula is C24H26N4O2S. The van der Waals surface area contributed by atoms with Gasteiger partial charge in [0.1, 0.15) is 5.75 Å². The van der Waals surface area contributed by atoms with Crippen LogP contribution in [0.1, 0.15) is 33.3 Å². The van der Waals surface area contributed by atoms with Crippen molar-refractivity contribution < 1.29 is 9.53 Å². The summed E-state index contributed by atoms with van der Waals surface area (Å²) in [6.07, 6.45) is 0. The molecule has 0 aliphatic carbocycles. The van der Waals surface area contributed by atoms with E-state index in [1.54, 1.807) is 16.7 Å². The first kappa shape index (κ1) is 21.1. The number of anilines is 1. The molecule has 1 amide bonds. The van der Waals surface area contributed by atoms with Gasteiger partial charge in [-0.2, -0.15) is 5.10 Å². The second-order valence-electron chi connectivity index (χ2n) is 7.87. The van der Waals surface area contributed by atoms with E-state index in [1.165, 1.54) is 11.3 Å². The fourth-order valence-electron chi connectivity index (χ4n) is 3.68. The highest BCUT2D eigenvalue weighted by Crippen LogP contribution is 2.33. The molecule has 0 radical (unpaired) electrons. The normalized spacial score (nSPS) is 15.5. The number of para-hydroxylation sites is 2. The third-order valence-electron chi connectivity index (χ3n) is 4.99. The molecule has 31 heavy (non-hydrogen) atoms. The van der Waals surface area contributed by atoms with Crippen LogP contribution in [0.5, 0.6) is 5.75 Å². The predicted octanol–water partition coefficient (Wildman–Crippen LogP) is 4.54. The van der Waals surface area contributed by atoms with Crippen molar-refractivity contribution in [2.24, 2.45) is 10.1 Å². The number of hydrogen-bond donors (Lipinski definition) is 0. The van der Waals surface area contributed by atoms with Crippen LogP contribution in [0, 0.1) is 0 Å². The van der Waals surface area contributed by atoms with Gasteiger partial charge in [-0.25, -0.2) is 4.68 Å². The van der Waals surface area contributed by atoms with E-state index in [0.29, 0.717) is 5.71 Å². The van der Waals surface area contributed by atoms with Gasteiger partial charge in [-0.15, -0.1) is 11.3 Å². The fourth-order valence-corrected chi connectivity index (χ4v) is 4.63. The molecule has 0 saturated heterocycles. The quantitative estimate of drug-likeness (QED) is 0.592. The van der Waals surface area contributed by atoms with Crippen LogP contribution in [0.4, 0.5) is 5.69 Å². The average Bonchev–Trinajstić information content (AvgIpc) is 3.26. The van der Waals surface area contributed by atoms with Crippen LogP contribution in [0.2, 0.25) is 0 Å². The van der Waals surface area contributed by atoms with Crippen molar-refractivity contribution >= 4 is 28.6 Å². The highest BCUT2D eigenvalue weighted by molar-refractivity contribution is 7.07. The lowest BCUT2D eigenvalue weighted by molar-refractivity contribution is -0.112. The predicted molar refractivity (Wildman–Crippen MR) is 126 cm³/mol. The van der Waals surface area contributed by atoms with Gasteiger partial charge in [-0.3, -0.25) is 9.79 Å². The molecule has 0 N–H and O–H groups in total. The Kier molecular flexibility index (Phi) is 5.78. The van der Waals surface area contributed by atoms with E-state index in [4.69, 9.17) is 14.8 Å². The molecule has 2 aromatic carbocycles. The van der Waals surface area contributed by atoms with Crippen molar-refractivity contribution in [3.63, 3.8) is 0 Å². The van der Waals surface area contributed by atoms with Gasteiger partial charge in [0.15, 0.2) is 5.71 Å². The average molecular weight is 435 g/mol. The molecule has 1 aliphatic heterocycles. The maximum atomic E-state index is 13.4. The molecule has 1 aliphatic rings. The summed E-state index contributed by atoms with van der Waals surface area (Å²) in [4.78, 5) is 20.6. The molecule has 4 rings (SSSR count). The minimum Gasteiger partial charge on any atom is -0.496 e. The monoisotopic (exact) mass is 434 g/mol. The fraction of sp³-hybridized carbons (Fsp3) is 0.292. The molecule has 0 atom stereocenters. The van der Waals surface area contributed by atoms with Crippen LogP contribution >= 0.6 is 11.3 Å². The minimum atomic E-state index is -0.101. The summed E-state index contributed by atoms with van der Waals surface area (Å²) < 4.78 is 7.35. The van der Waals surface area contributed by atoms with Gasteiger partial charge in [0.25, 0.3) is 5.91 Å². The zero-order chi connectivity index (χ0) is 22.1. The van der Waals surface area contributed by atoms with Gasteiger partial charge >= 0.3 is 0 Å². The topological polar surface area (TPSA) is 59.2 Å². The molecule has 160 valence electrons. The van der Waals surface area contributed by atoms with Crippen molar-refractivity contribution in [3.8, 4) is 17.0 Å². The summed E-state index contributed by atoms with van der Waals surface area (Å²) in [6.45, 7) is 8.07. The Bertz CT molecular complexity index is 1220. The first-order chi connectivity index (χ1) is 14.9. The lowest BCUT2D eigenvalue weighted by Crippen LogP contribution is -2.36. The van der Waals surface area contributed by atoms with Gasteiger partial charge in [-0.05, 0) is 45.9 Å². The first-order valence-corrected chi connectivity index (χ1v) is 11.2. The molecule has 0 saturated carbocycles. The number of methoxy groups -OCH3 is 1. The maximum Gasteiger partial charge on any atom is 0.279 e. The molecule has 6 nitrogen and oxygen atoms in total. The molecular weight excluding hydrogens is 408 g/mol. The number of thiazole rings is 1. The molecule has 0 fully saturated rings. The number of aromatic nitrogens is 1. The van der Waals surface area contributed by atoms with Gasteiger partial charge in [0.2, 0.25) is 4.80 Å². The van der Waals surface area contributed by atoms with Crippen LogP contribution in [0.25, 0.3) is 11.3 Å². The van der Waals surface area contributed by atoms with E-state index in [-0.39, 0.29) is 18.0 Å². The van der Waals surface area contributed by atoms with E-state index < -0.39 is 0 Å². The van der Waals surface area contributed by atoms with Crippen LogP contribution in [-0.4, -0.2) is 35.5 Å². The zero-order valence-corrected chi connectivity index (χ0v) is 19.2. The van der Waals surface area contributed by atoms with Gasteiger partial charge < -0.3 is 9.64 Å². The molecule has 0 spiro atoms. The second-order valence-corrected chi connectivity index (χ2v) is 8.71. The van der Waals surface area contributed by atoms with Crippen molar-refractivity contribution in [1.82, 2.24) is 4.68 Å². The van der Waals surface area contributed by atoms with Crippen molar-refractivity contribution in [1.29, 1.82) is 0 Å². The second kappa shape index (κ2) is 8.51. The molecule has 0 unspecified atom stereocenters. The van der Waals surface area contributed by atoms with Crippen molar-refractivity contribution in [2.45, 2.75) is 39.8 Å². The van der Waals surface area contributed by atoms with Crippen LogP contribution in [0.3, 0.4) is 0 Å². The summed E-state index contributed by atoms with van der Waals surface area (Å²) in [5, 5.41) is 6.89. The molecule has 2 heterocycles. The molecule has 3 aromatic rings. The summed E-state index contributed by atoms with van der Waals surface area (Å²) in [5.41, 5.74) is 3.88. The Labute approximate surface area is 186 Å². The summed E-state index contributed by atoms with van der Waals surface area (Å²) >= 11 is 1.50. The Morgan fingerprint density at radius 2 is 1.65 bits per heavy atom. The molecule has 0 bridgehead atoms. The highest BCUT2D eigenvalue weighted by atomic mass is 32.1. The Morgan fingerprint density at radius 3 is 2.32 bits per heavy atom. The highest BCUT2D eigenvalue weighted by Gasteiger charge is 2.35. The lowest BCUT2D eigenvalue weighted by atomic mass is 10.1. The van der Waals surface area contributed by atoms with Crippen molar-refractivity contribution in [2.75, 3.05) is 12.0 Å². The third-order valence-corrected chi connectivity index (χ3v) is 5.82. The number of amides is 1. The minimum absolute atomic E-state index is 0.0299. The van der Waals surface area contributed by atoms with Gasteiger partial charge in [0.05, 0.1) is 18.5 Å². The number of hydrogen-bond acceptors (Lipinski definition) is 5. The van der Waals surface area contributed by atoms with Crippen LogP contribution < -0.4 is 14.4 Å². The number of nitrogens with zero attached hydrogens (tertiary/aromatic N) is 4. The summed E-state index contributed by atoms with van der Waals surface area (Å²) in [5.74, 6) is 0.642. The zero-order valence-electron chi connectivity index (χ0n) is 18.4. The number of benzene rings is 2. The number of carbonyl (C=O) groups is 1. The maximum absolute atomic E-state index is 13.4. The number of fused-ring (bicyclic) bond motifs is 1. The smallest absolute Gasteiger partial charge is 0.279 e. The molecule has 1 aromatic heterocycles. The van der Waals surface area contributed by atoms with E-state index >= 15 is 0 Å². The third kappa shape index (κ3) is 3.81. The Morgan fingerprint density at radius 1 is 0.968 bits per heavy atom. The standard InChI is InChI=1S/C24H26N4O2S/c1-15(2)25-24-28(20(14-31-24)17-10-7-9-13-21(17)30-5)26-22-18-11-6-8-12-19(18)27(16(3)4)23(22)29/h6-16H,1-5H3. The Balaban J connectivity index is 1.97. The summed E-state index contributed by atoms with van der Waals surface area (Å²) in [6, 6.07) is 15.7. The van der Waals surface area contributed by atoms with E-state index in [2.05, 4.69) is 0 Å². The van der Waals surface area contributed by atoms with Crippen LogP contribution in [0.15, 0.2) is 64.0 Å². The molecule has 7 heteroatoms. The number of carbonyl (C=O) groups excluding carboxylic acids is 1. The summed E-state index contributed by atoms with van der Waals surface area (Å²) in [7, 11) is 1.65. The SMILES string of the molecule is COc1ccccc1-c1csc(=NC(C)C)n1N=C1C(=O)N(C(C)C)c2ccccc21. The number of ether oxygens (including phenoxy) is 1. The lowest BCUT2D eigenvalue weighted by Gasteiger charge is -2.20. The van der Waals surface area contributed by atoms with Crippen molar-refractivity contribution in [3.05, 3.63) is 64.3 Å². The number of rotatable bonds is 5. The largest absolute Gasteiger partial charge is 0.496 e. The Hall–Kier alpha value is -3.19. The van der Waals surface area contributed by atoms with E-state index in [9.17, 15) is 4.79 Å².